The summed E-state index contributed by atoms with van der Waals surface area (Å²) in [4.78, 5) is 12.9. The van der Waals surface area contributed by atoms with E-state index in [0.29, 0.717) is 6.54 Å². The molecule has 19 heavy (non-hydrogen) atoms. The number of nitrogens with one attached hydrogen (secondary N) is 1. The SMILES string of the molecule is Cc1cc(CNc2cc([N+](=O)[O-])ccc2Br)c(C)s1. The Morgan fingerprint density at radius 2 is 2.11 bits per heavy atom. The lowest BCUT2D eigenvalue weighted by molar-refractivity contribution is -0.384. The van der Waals surface area contributed by atoms with Crippen LogP contribution in [0.1, 0.15) is 15.3 Å². The van der Waals surface area contributed by atoms with Crippen LogP contribution < -0.4 is 5.32 Å². The fraction of sp³-hybridized carbons (Fsp3) is 0.231. The van der Waals surface area contributed by atoms with E-state index < -0.39 is 4.92 Å². The summed E-state index contributed by atoms with van der Waals surface area (Å²) in [6.07, 6.45) is 0. The topological polar surface area (TPSA) is 55.2 Å². The van der Waals surface area contributed by atoms with Gasteiger partial charge < -0.3 is 5.32 Å². The summed E-state index contributed by atoms with van der Waals surface area (Å²) in [5, 5.41) is 14.0. The number of hydrogen-bond donors (Lipinski definition) is 1. The summed E-state index contributed by atoms with van der Waals surface area (Å²) >= 11 is 5.15. The molecule has 6 heteroatoms. The van der Waals surface area contributed by atoms with Gasteiger partial charge in [0.1, 0.15) is 0 Å². The lowest BCUT2D eigenvalue weighted by Gasteiger charge is -2.08. The third kappa shape index (κ3) is 3.33. The van der Waals surface area contributed by atoms with Crippen molar-refractivity contribution in [2.24, 2.45) is 0 Å². The Morgan fingerprint density at radius 3 is 2.68 bits per heavy atom. The first-order valence-corrected chi connectivity index (χ1v) is 7.32. The lowest BCUT2D eigenvalue weighted by Crippen LogP contribution is -2.01. The number of rotatable bonds is 4. The molecule has 1 N–H and O–H groups in total. The van der Waals surface area contributed by atoms with E-state index in [1.54, 1.807) is 23.5 Å². The number of aryl methyl sites for hydroxylation is 2. The summed E-state index contributed by atoms with van der Waals surface area (Å²) in [6, 6.07) is 6.85. The van der Waals surface area contributed by atoms with E-state index in [4.69, 9.17) is 0 Å². The molecule has 0 aliphatic heterocycles. The molecule has 1 aromatic heterocycles. The number of thiophene rings is 1. The zero-order chi connectivity index (χ0) is 14.0. The van der Waals surface area contributed by atoms with Crippen LogP contribution >= 0.6 is 27.3 Å². The molecule has 1 heterocycles. The van der Waals surface area contributed by atoms with Crippen LogP contribution in [0.4, 0.5) is 11.4 Å². The van der Waals surface area contributed by atoms with Gasteiger partial charge in [-0.25, -0.2) is 0 Å². The molecule has 0 saturated carbocycles. The molecule has 0 amide bonds. The molecule has 0 radical (unpaired) electrons. The molecule has 0 unspecified atom stereocenters. The van der Waals surface area contributed by atoms with Gasteiger partial charge in [0.25, 0.3) is 5.69 Å². The predicted octanol–water partition coefficient (Wildman–Crippen LogP) is 4.65. The van der Waals surface area contributed by atoms with Crippen LogP contribution in [0.15, 0.2) is 28.7 Å². The van der Waals surface area contributed by atoms with Gasteiger partial charge in [-0.1, -0.05) is 0 Å². The summed E-state index contributed by atoms with van der Waals surface area (Å²) in [5.74, 6) is 0. The van der Waals surface area contributed by atoms with Crippen LogP contribution in [0.2, 0.25) is 0 Å². The van der Waals surface area contributed by atoms with Gasteiger partial charge in [0.15, 0.2) is 0 Å². The van der Waals surface area contributed by atoms with Gasteiger partial charge in [-0.2, -0.15) is 0 Å². The Balaban J connectivity index is 2.17. The van der Waals surface area contributed by atoms with Gasteiger partial charge in [0.05, 0.1) is 10.6 Å². The highest BCUT2D eigenvalue weighted by atomic mass is 79.9. The third-order valence-corrected chi connectivity index (χ3v) is 4.47. The van der Waals surface area contributed by atoms with Crippen molar-refractivity contribution in [1.29, 1.82) is 0 Å². The molecule has 0 aliphatic rings. The maximum absolute atomic E-state index is 10.8. The average molecular weight is 341 g/mol. The van der Waals surface area contributed by atoms with Crippen molar-refractivity contribution in [1.82, 2.24) is 0 Å². The van der Waals surface area contributed by atoms with Crippen molar-refractivity contribution in [2.45, 2.75) is 20.4 Å². The normalized spacial score (nSPS) is 10.5. The molecule has 0 atom stereocenters. The van der Waals surface area contributed by atoms with E-state index in [1.807, 2.05) is 0 Å². The quantitative estimate of drug-likeness (QED) is 0.651. The number of nitro benzene ring substituents is 1. The molecule has 0 fully saturated rings. The van der Waals surface area contributed by atoms with Crippen molar-refractivity contribution < 1.29 is 4.92 Å². The van der Waals surface area contributed by atoms with E-state index in [0.717, 1.165) is 10.2 Å². The first-order chi connectivity index (χ1) is 8.97. The zero-order valence-electron chi connectivity index (χ0n) is 10.6. The van der Waals surface area contributed by atoms with Gasteiger partial charge >= 0.3 is 0 Å². The van der Waals surface area contributed by atoms with E-state index in [-0.39, 0.29) is 5.69 Å². The van der Waals surface area contributed by atoms with Crippen molar-refractivity contribution in [2.75, 3.05) is 5.32 Å². The molecule has 0 saturated heterocycles. The van der Waals surface area contributed by atoms with Crippen LogP contribution in [-0.4, -0.2) is 4.92 Å². The molecule has 2 aromatic rings. The van der Waals surface area contributed by atoms with Crippen LogP contribution in [0.5, 0.6) is 0 Å². The Bertz CT molecular complexity index is 625. The smallest absolute Gasteiger partial charge is 0.271 e. The molecular formula is C13H13BrN2O2S. The number of anilines is 1. The Morgan fingerprint density at radius 1 is 1.37 bits per heavy atom. The first-order valence-electron chi connectivity index (χ1n) is 5.71. The van der Waals surface area contributed by atoms with E-state index in [2.05, 4.69) is 41.2 Å². The summed E-state index contributed by atoms with van der Waals surface area (Å²) in [7, 11) is 0. The summed E-state index contributed by atoms with van der Waals surface area (Å²) < 4.78 is 0.822. The van der Waals surface area contributed by atoms with E-state index in [1.165, 1.54) is 21.4 Å². The van der Waals surface area contributed by atoms with Crippen molar-refractivity contribution in [3.8, 4) is 0 Å². The van der Waals surface area contributed by atoms with Crippen LogP contribution in [0.25, 0.3) is 0 Å². The lowest BCUT2D eigenvalue weighted by atomic mass is 10.2. The van der Waals surface area contributed by atoms with Gasteiger partial charge in [0, 0.05) is 32.9 Å². The molecule has 0 spiro atoms. The van der Waals surface area contributed by atoms with Crippen molar-refractivity contribution in [3.05, 3.63) is 54.2 Å². The Labute approximate surface area is 123 Å². The minimum atomic E-state index is -0.391. The maximum atomic E-state index is 10.8. The number of hydrogen-bond acceptors (Lipinski definition) is 4. The zero-order valence-corrected chi connectivity index (χ0v) is 13.0. The fourth-order valence-corrected chi connectivity index (χ4v) is 3.14. The van der Waals surface area contributed by atoms with E-state index >= 15 is 0 Å². The highest BCUT2D eigenvalue weighted by Crippen LogP contribution is 2.28. The van der Waals surface area contributed by atoms with Crippen molar-refractivity contribution >= 4 is 38.6 Å². The average Bonchev–Trinajstić information content (AvgIpc) is 2.66. The molecule has 1 aromatic carbocycles. The third-order valence-electron chi connectivity index (χ3n) is 2.77. The Hall–Kier alpha value is -1.40. The number of benzene rings is 1. The van der Waals surface area contributed by atoms with Crippen LogP contribution in [0, 0.1) is 24.0 Å². The predicted molar refractivity (Wildman–Crippen MR) is 81.9 cm³/mol. The number of nitrogens with zero attached hydrogens (tertiary/aromatic N) is 1. The molecular weight excluding hydrogens is 328 g/mol. The molecule has 100 valence electrons. The number of nitro groups is 1. The molecule has 2 rings (SSSR count). The number of non-ortho nitro benzene ring substituents is 1. The van der Waals surface area contributed by atoms with Crippen molar-refractivity contribution in [3.63, 3.8) is 0 Å². The summed E-state index contributed by atoms with van der Waals surface area (Å²) in [6.45, 7) is 4.82. The fourth-order valence-electron chi connectivity index (χ4n) is 1.81. The molecule has 0 aliphatic carbocycles. The molecule has 0 bridgehead atoms. The van der Waals surface area contributed by atoms with Gasteiger partial charge in [0.2, 0.25) is 0 Å². The monoisotopic (exact) mass is 340 g/mol. The van der Waals surface area contributed by atoms with Crippen LogP contribution in [-0.2, 0) is 6.54 Å². The first kappa shape index (κ1) is 14.0. The minimum absolute atomic E-state index is 0.0870. The highest BCUT2D eigenvalue weighted by Gasteiger charge is 2.10. The highest BCUT2D eigenvalue weighted by molar-refractivity contribution is 9.10. The Kier molecular flexibility index (Phi) is 4.21. The van der Waals surface area contributed by atoms with Gasteiger partial charge in [-0.05, 0) is 47.5 Å². The van der Waals surface area contributed by atoms with Gasteiger partial charge in [-0.15, -0.1) is 11.3 Å². The standard InChI is InChI=1S/C13H13BrN2O2S/c1-8-5-10(9(2)19-8)7-15-13-6-11(16(17)18)3-4-12(13)14/h3-6,15H,7H2,1-2H3. The second kappa shape index (κ2) is 5.71. The summed E-state index contributed by atoms with van der Waals surface area (Å²) in [5.41, 5.74) is 2.04. The van der Waals surface area contributed by atoms with E-state index in [9.17, 15) is 10.1 Å². The minimum Gasteiger partial charge on any atom is -0.380 e. The maximum Gasteiger partial charge on any atom is 0.271 e. The molecule has 4 nitrogen and oxygen atoms in total. The second-order valence-corrected chi connectivity index (χ2v) is 6.53. The number of halogens is 1. The van der Waals surface area contributed by atoms with Crippen LogP contribution in [0.3, 0.4) is 0 Å². The largest absolute Gasteiger partial charge is 0.380 e. The second-order valence-electron chi connectivity index (χ2n) is 4.21. The van der Waals surface area contributed by atoms with Gasteiger partial charge in [-0.3, -0.25) is 10.1 Å².